The molecule has 0 bridgehead atoms. The van der Waals surface area contributed by atoms with Gasteiger partial charge >= 0.3 is 0 Å². The molecule has 6 heteroatoms. The van der Waals surface area contributed by atoms with Crippen LogP contribution >= 0.6 is 0 Å². The smallest absolute Gasteiger partial charge is 0.276 e. The van der Waals surface area contributed by atoms with Crippen molar-refractivity contribution in [1.29, 1.82) is 0 Å². The highest BCUT2D eigenvalue weighted by atomic mass is 16.5. The van der Waals surface area contributed by atoms with Crippen molar-refractivity contribution < 1.29 is 19.1 Å². The van der Waals surface area contributed by atoms with Gasteiger partial charge in [0, 0.05) is 5.56 Å². The molecule has 27 heavy (non-hydrogen) atoms. The van der Waals surface area contributed by atoms with Gasteiger partial charge in [0.15, 0.2) is 6.61 Å². The summed E-state index contributed by atoms with van der Waals surface area (Å²) < 4.78 is 11.0. The summed E-state index contributed by atoms with van der Waals surface area (Å²) >= 11 is 0. The lowest BCUT2D eigenvalue weighted by molar-refractivity contribution is -0.123. The number of carbonyl (C=O) groups is 2. The molecule has 2 rings (SSSR count). The van der Waals surface area contributed by atoms with E-state index in [0.717, 1.165) is 12.0 Å². The zero-order valence-corrected chi connectivity index (χ0v) is 16.0. The predicted octanol–water partition coefficient (Wildman–Crippen LogP) is 3.12. The molecular formula is C21H26N2O4. The number of rotatable bonds is 8. The van der Waals surface area contributed by atoms with E-state index in [-0.39, 0.29) is 6.61 Å². The molecule has 6 nitrogen and oxygen atoms in total. The van der Waals surface area contributed by atoms with Crippen LogP contribution in [0.5, 0.6) is 11.5 Å². The molecule has 2 aromatic rings. The van der Waals surface area contributed by atoms with Gasteiger partial charge in [-0.25, -0.2) is 0 Å². The highest BCUT2D eigenvalue weighted by Crippen LogP contribution is 2.14. The van der Waals surface area contributed by atoms with E-state index in [1.165, 1.54) is 0 Å². The van der Waals surface area contributed by atoms with Gasteiger partial charge in [0.25, 0.3) is 11.8 Å². The Bertz CT molecular complexity index is 757. The fourth-order valence-electron chi connectivity index (χ4n) is 2.20. The summed E-state index contributed by atoms with van der Waals surface area (Å²) in [6, 6.07) is 14.3. The Morgan fingerprint density at radius 1 is 0.963 bits per heavy atom. The normalized spacial score (nSPS) is 10.4. The number of amides is 2. The Balaban J connectivity index is 1.76. The third-order valence-electron chi connectivity index (χ3n) is 3.69. The number of nitrogens with one attached hydrogen (secondary N) is 2. The van der Waals surface area contributed by atoms with Crippen molar-refractivity contribution in [3.63, 3.8) is 0 Å². The van der Waals surface area contributed by atoms with Gasteiger partial charge in [-0.1, -0.05) is 32.9 Å². The Kier molecular flexibility index (Phi) is 7.67. The highest BCUT2D eigenvalue weighted by Gasteiger charge is 2.08. The van der Waals surface area contributed by atoms with E-state index in [1.54, 1.807) is 30.3 Å². The largest absolute Gasteiger partial charge is 0.493 e. The third kappa shape index (κ3) is 7.01. The summed E-state index contributed by atoms with van der Waals surface area (Å²) in [6.45, 7) is 6.60. The molecule has 2 amide bonds. The molecule has 0 aliphatic rings. The van der Waals surface area contributed by atoms with Crippen molar-refractivity contribution in [2.75, 3.05) is 13.2 Å². The molecule has 2 aromatic carbocycles. The Morgan fingerprint density at radius 3 is 2.37 bits per heavy atom. The molecule has 0 aliphatic heterocycles. The van der Waals surface area contributed by atoms with E-state index in [2.05, 4.69) is 24.7 Å². The van der Waals surface area contributed by atoms with Crippen LogP contribution in [0.25, 0.3) is 0 Å². The molecule has 0 radical (unpaired) electrons. The van der Waals surface area contributed by atoms with Crippen molar-refractivity contribution >= 4 is 11.8 Å². The summed E-state index contributed by atoms with van der Waals surface area (Å²) in [6.07, 6.45) is 0.890. The van der Waals surface area contributed by atoms with Gasteiger partial charge in [0.2, 0.25) is 0 Å². The second kappa shape index (κ2) is 10.2. The molecular weight excluding hydrogens is 344 g/mol. The molecule has 0 unspecified atom stereocenters. The molecule has 144 valence electrons. The number of carbonyl (C=O) groups excluding carboxylic acids is 2. The molecule has 0 aliphatic carbocycles. The number of ether oxygens (including phenoxy) is 2. The maximum atomic E-state index is 12.1. The molecule has 0 saturated carbocycles. The second-order valence-corrected chi connectivity index (χ2v) is 6.52. The van der Waals surface area contributed by atoms with E-state index >= 15 is 0 Å². The monoisotopic (exact) mass is 370 g/mol. The highest BCUT2D eigenvalue weighted by molar-refractivity contribution is 5.95. The number of hydrogen-bond donors (Lipinski definition) is 2. The number of benzene rings is 2. The Hall–Kier alpha value is -3.02. The Morgan fingerprint density at radius 2 is 1.70 bits per heavy atom. The van der Waals surface area contributed by atoms with Crippen LogP contribution in [0.1, 0.15) is 36.7 Å². The van der Waals surface area contributed by atoms with Crippen LogP contribution in [-0.2, 0) is 11.2 Å². The number of hydrazine groups is 1. The van der Waals surface area contributed by atoms with E-state index < -0.39 is 11.8 Å². The van der Waals surface area contributed by atoms with Crippen LogP contribution in [-0.4, -0.2) is 25.0 Å². The molecule has 0 aromatic heterocycles. The minimum absolute atomic E-state index is 0.185. The predicted molar refractivity (Wildman–Crippen MR) is 104 cm³/mol. The number of hydrogen-bond acceptors (Lipinski definition) is 4. The first-order valence-corrected chi connectivity index (χ1v) is 9.01. The first kappa shape index (κ1) is 20.3. The summed E-state index contributed by atoms with van der Waals surface area (Å²) in [5.74, 6) is 0.892. The average molecular weight is 370 g/mol. The molecule has 0 saturated heterocycles. The van der Waals surface area contributed by atoms with Gasteiger partial charge in [-0.05, 0) is 54.3 Å². The van der Waals surface area contributed by atoms with E-state index in [4.69, 9.17) is 9.47 Å². The number of aryl methyl sites for hydroxylation is 1. The summed E-state index contributed by atoms with van der Waals surface area (Å²) in [7, 11) is 0. The fraction of sp³-hybridized carbons (Fsp3) is 0.333. The molecule has 0 atom stereocenters. The zero-order chi connectivity index (χ0) is 19.6. The lowest BCUT2D eigenvalue weighted by atomic mass is 10.2. The fourth-order valence-corrected chi connectivity index (χ4v) is 2.20. The molecule has 2 N–H and O–H groups in total. The van der Waals surface area contributed by atoms with Gasteiger partial charge < -0.3 is 9.47 Å². The first-order chi connectivity index (χ1) is 13.0. The summed E-state index contributed by atoms with van der Waals surface area (Å²) in [4.78, 5) is 23.9. The summed E-state index contributed by atoms with van der Waals surface area (Å²) in [5, 5.41) is 0. The van der Waals surface area contributed by atoms with E-state index in [1.807, 2.05) is 25.1 Å². The van der Waals surface area contributed by atoms with Crippen LogP contribution in [0.3, 0.4) is 0 Å². The SMILES string of the molecule is CCc1cccc(OCC(=O)NNC(=O)c2ccc(OCC(C)C)cc2)c1. The minimum atomic E-state index is -0.442. The van der Waals surface area contributed by atoms with Gasteiger partial charge in [-0.15, -0.1) is 0 Å². The second-order valence-electron chi connectivity index (χ2n) is 6.52. The van der Waals surface area contributed by atoms with Crippen molar-refractivity contribution in [2.24, 2.45) is 5.92 Å². The maximum Gasteiger partial charge on any atom is 0.276 e. The molecule has 0 heterocycles. The van der Waals surface area contributed by atoms with Gasteiger partial charge in [-0.2, -0.15) is 0 Å². The minimum Gasteiger partial charge on any atom is -0.493 e. The van der Waals surface area contributed by atoms with Crippen molar-refractivity contribution in [3.8, 4) is 11.5 Å². The zero-order valence-electron chi connectivity index (χ0n) is 16.0. The van der Waals surface area contributed by atoms with Crippen LogP contribution in [0.4, 0.5) is 0 Å². The van der Waals surface area contributed by atoms with Crippen LogP contribution in [0.15, 0.2) is 48.5 Å². The van der Waals surface area contributed by atoms with Gasteiger partial charge in [-0.3, -0.25) is 20.4 Å². The van der Waals surface area contributed by atoms with Crippen LogP contribution in [0.2, 0.25) is 0 Å². The third-order valence-corrected chi connectivity index (χ3v) is 3.69. The lowest BCUT2D eigenvalue weighted by Gasteiger charge is -2.11. The van der Waals surface area contributed by atoms with Crippen molar-refractivity contribution in [2.45, 2.75) is 27.2 Å². The first-order valence-electron chi connectivity index (χ1n) is 9.01. The Labute approximate surface area is 159 Å². The van der Waals surface area contributed by atoms with Gasteiger partial charge in [0.1, 0.15) is 11.5 Å². The standard InChI is InChI=1S/C21H26N2O4/c1-4-16-6-5-7-19(12-16)27-14-20(24)22-23-21(25)17-8-10-18(11-9-17)26-13-15(2)3/h5-12,15H,4,13-14H2,1-3H3,(H,22,24)(H,23,25). The van der Waals surface area contributed by atoms with Crippen molar-refractivity contribution in [1.82, 2.24) is 10.9 Å². The van der Waals surface area contributed by atoms with Crippen LogP contribution in [0, 0.1) is 5.92 Å². The average Bonchev–Trinajstić information content (AvgIpc) is 2.69. The molecule has 0 fully saturated rings. The van der Waals surface area contributed by atoms with E-state index in [9.17, 15) is 9.59 Å². The summed E-state index contributed by atoms with van der Waals surface area (Å²) in [5.41, 5.74) is 6.25. The van der Waals surface area contributed by atoms with Crippen LogP contribution < -0.4 is 20.3 Å². The van der Waals surface area contributed by atoms with Gasteiger partial charge in [0.05, 0.1) is 6.61 Å². The lowest BCUT2D eigenvalue weighted by Crippen LogP contribution is -2.43. The topological polar surface area (TPSA) is 76.7 Å². The molecule has 0 spiro atoms. The van der Waals surface area contributed by atoms with Crippen molar-refractivity contribution in [3.05, 3.63) is 59.7 Å². The maximum absolute atomic E-state index is 12.1. The quantitative estimate of drug-likeness (QED) is 0.700. The van der Waals surface area contributed by atoms with E-state index in [0.29, 0.717) is 29.6 Å².